The van der Waals surface area contributed by atoms with Gasteiger partial charge in [-0.25, -0.2) is 0 Å². The van der Waals surface area contributed by atoms with Crippen molar-refractivity contribution in [1.82, 2.24) is 25.9 Å². The number of hydrogen-bond donors (Lipinski definition) is 2. The van der Waals surface area contributed by atoms with Crippen LogP contribution in [0.2, 0.25) is 0 Å². The molecule has 0 radical (unpaired) electrons. The minimum atomic E-state index is -0.313. The SMILES string of the molecule is COc1ccc(C(NC(=O)c2nn[nH]n2)C2CC2)cc1. The van der Waals surface area contributed by atoms with E-state index >= 15 is 0 Å². The van der Waals surface area contributed by atoms with Crippen LogP contribution < -0.4 is 10.1 Å². The van der Waals surface area contributed by atoms with Crippen molar-refractivity contribution in [3.63, 3.8) is 0 Å². The van der Waals surface area contributed by atoms with Gasteiger partial charge in [-0.15, -0.1) is 10.2 Å². The smallest absolute Gasteiger partial charge is 0.293 e. The van der Waals surface area contributed by atoms with Crippen molar-refractivity contribution in [3.8, 4) is 5.75 Å². The minimum absolute atomic E-state index is 0.0214. The lowest BCUT2D eigenvalue weighted by Crippen LogP contribution is -2.30. The number of nitrogens with one attached hydrogen (secondary N) is 2. The van der Waals surface area contributed by atoms with Gasteiger partial charge in [-0.05, 0) is 41.7 Å². The molecule has 104 valence electrons. The average Bonchev–Trinajstić information content (AvgIpc) is 3.17. The number of aromatic nitrogens is 4. The van der Waals surface area contributed by atoms with E-state index in [1.807, 2.05) is 24.3 Å². The summed E-state index contributed by atoms with van der Waals surface area (Å²) in [6, 6.07) is 7.71. The highest BCUT2D eigenvalue weighted by Crippen LogP contribution is 2.41. The molecule has 7 nitrogen and oxygen atoms in total. The molecule has 1 aromatic heterocycles. The first-order valence-electron chi connectivity index (χ1n) is 6.46. The zero-order valence-corrected chi connectivity index (χ0v) is 11.0. The van der Waals surface area contributed by atoms with Crippen molar-refractivity contribution in [2.45, 2.75) is 18.9 Å². The molecule has 1 atom stereocenters. The number of methoxy groups -OCH3 is 1. The van der Waals surface area contributed by atoms with E-state index in [9.17, 15) is 4.79 Å². The summed E-state index contributed by atoms with van der Waals surface area (Å²) in [6.45, 7) is 0. The fourth-order valence-corrected chi connectivity index (χ4v) is 2.18. The lowest BCUT2D eigenvalue weighted by atomic mass is 10.0. The fourth-order valence-electron chi connectivity index (χ4n) is 2.18. The third kappa shape index (κ3) is 2.61. The first kappa shape index (κ1) is 12.6. The van der Waals surface area contributed by atoms with E-state index in [0.717, 1.165) is 24.2 Å². The van der Waals surface area contributed by atoms with Crippen LogP contribution in [0.25, 0.3) is 0 Å². The van der Waals surface area contributed by atoms with Crippen molar-refractivity contribution in [2.24, 2.45) is 5.92 Å². The molecule has 2 aromatic rings. The van der Waals surface area contributed by atoms with Crippen LogP contribution in [-0.2, 0) is 0 Å². The summed E-state index contributed by atoms with van der Waals surface area (Å²) in [6.07, 6.45) is 2.23. The lowest BCUT2D eigenvalue weighted by molar-refractivity contribution is 0.0921. The monoisotopic (exact) mass is 273 g/mol. The number of H-pyrrole nitrogens is 1. The summed E-state index contributed by atoms with van der Waals surface area (Å²) < 4.78 is 5.15. The number of rotatable bonds is 5. The molecule has 1 unspecified atom stereocenters. The Morgan fingerprint density at radius 1 is 1.40 bits per heavy atom. The zero-order chi connectivity index (χ0) is 13.9. The van der Waals surface area contributed by atoms with Crippen LogP contribution in [0.3, 0.4) is 0 Å². The zero-order valence-electron chi connectivity index (χ0n) is 11.0. The highest BCUT2D eigenvalue weighted by Gasteiger charge is 2.34. The van der Waals surface area contributed by atoms with Crippen molar-refractivity contribution in [2.75, 3.05) is 7.11 Å². The van der Waals surface area contributed by atoms with Gasteiger partial charge >= 0.3 is 0 Å². The lowest BCUT2D eigenvalue weighted by Gasteiger charge is -2.18. The van der Waals surface area contributed by atoms with Crippen molar-refractivity contribution in [3.05, 3.63) is 35.7 Å². The topological polar surface area (TPSA) is 92.8 Å². The Morgan fingerprint density at radius 2 is 2.15 bits per heavy atom. The molecular formula is C13H15N5O2. The normalized spacial score (nSPS) is 15.7. The van der Waals surface area contributed by atoms with E-state index in [-0.39, 0.29) is 17.8 Å². The van der Waals surface area contributed by atoms with E-state index in [0.29, 0.717) is 5.92 Å². The van der Waals surface area contributed by atoms with Crippen molar-refractivity contribution >= 4 is 5.91 Å². The van der Waals surface area contributed by atoms with Gasteiger partial charge in [-0.3, -0.25) is 4.79 Å². The van der Waals surface area contributed by atoms with Crippen LogP contribution in [0.15, 0.2) is 24.3 Å². The number of carbonyl (C=O) groups is 1. The van der Waals surface area contributed by atoms with Gasteiger partial charge in [-0.2, -0.15) is 5.21 Å². The summed E-state index contributed by atoms with van der Waals surface area (Å²) in [4.78, 5) is 12.0. The molecule has 20 heavy (non-hydrogen) atoms. The molecule has 1 heterocycles. The number of tetrazole rings is 1. The Kier molecular flexibility index (Phi) is 3.32. The van der Waals surface area contributed by atoms with E-state index in [2.05, 4.69) is 25.9 Å². The van der Waals surface area contributed by atoms with Gasteiger partial charge in [-0.1, -0.05) is 12.1 Å². The molecule has 0 spiro atoms. The standard InChI is InChI=1S/C13H15N5O2/c1-20-10-6-4-9(5-7-10)11(8-2-3-8)14-13(19)12-15-17-18-16-12/h4-8,11H,2-3H2,1H3,(H,14,19)(H,15,16,17,18). The van der Waals surface area contributed by atoms with Crippen LogP contribution in [0.4, 0.5) is 0 Å². The molecule has 7 heteroatoms. The molecule has 0 bridgehead atoms. The molecular weight excluding hydrogens is 258 g/mol. The first-order chi connectivity index (χ1) is 9.78. The van der Waals surface area contributed by atoms with Gasteiger partial charge < -0.3 is 10.1 Å². The van der Waals surface area contributed by atoms with Crippen molar-refractivity contribution in [1.29, 1.82) is 0 Å². The van der Waals surface area contributed by atoms with Crippen LogP contribution in [0.1, 0.15) is 35.1 Å². The highest BCUT2D eigenvalue weighted by atomic mass is 16.5. The molecule has 1 aliphatic carbocycles. The Morgan fingerprint density at radius 3 is 2.70 bits per heavy atom. The summed E-state index contributed by atoms with van der Waals surface area (Å²) in [5.41, 5.74) is 1.06. The highest BCUT2D eigenvalue weighted by molar-refractivity contribution is 5.90. The van der Waals surface area contributed by atoms with Gasteiger partial charge in [0.25, 0.3) is 11.7 Å². The van der Waals surface area contributed by atoms with Gasteiger partial charge in [0.2, 0.25) is 0 Å². The second kappa shape index (κ2) is 5.28. The first-order valence-corrected chi connectivity index (χ1v) is 6.46. The summed E-state index contributed by atoms with van der Waals surface area (Å²) >= 11 is 0. The predicted molar refractivity (Wildman–Crippen MR) is 70.1 cm³/mol. The van der Waals surface area contributed by atoms with E-state index in [4.69, 9.17) is 4.74 Å². The predicted octanol–water partition coefficient (Wildman–Crippen LogP) is 1.09. The number of nitrogens with zero attached hydrogens (tertiary/aromatic N) is 3. The quantitative estimate of drug-likeness (QED) is 0.850. The minimum Gasteiger partial charge on any atom is -0.497 e. The molecule has 2 N–H and O–H groups in total. The number of carbonyl (C=O) groups excluding carboxylic acids is 1. The largest absolute Gasteiger partial charge is 0.497 e. The second-order valence-electron chi connectivity index (χ2n) is 4.80. The maximum atomic E-state index is 12.0. The van der Waals surface area contributed by atoms with Crippen LogP contribution in [0, 0.1) is 5.92 Å². The van der Waals surface area contributed by atoms with Gasteiger partial charge in [0.15, 0.2) is 0 Å². The van der Waals surface area contributed by atoms with E-state index in [1.54, 1.807) is 7.11 Å². The molecule has 0 saturated heterocycles. The van der Waals surface area contributed by atoms with E-state index in [1.165, 1.54) is 0 Å². The maximum Gasteiger partial charge on any atom is 0.293 e. The van der Waals surface area contributed by atoms with Gasteiger partial charge in [0, 0.05) is 0 Å². The van der Waals surface area contributed by atoms with Gasteiger partial charge in [0.1, 0.15) is 5.75 Å². The molecule has 1 saturated carbocycles. The molecule has 1 amide bonds. The van der Waals surface area contributed by atoms with Crippen LogP contribution >= 0.6 is 0 Å². The molecule has 1 fully saturated rings. The van der Waals surface area contributed by atoms with Crippen molar-refractivity contribution < 1.29 is 9.53 Å². The number of aromatic amines is 1. The second-order valence-corrected chi connectivity index (χ2v) is 4.80. The van der Waals surface area contributed by atoms with Gasteiger partial charge in [0.05, 0.1) is 13.2 Å². The summed E-state index contributed by atoms with van der Waals surface area (Å²) in [5.74, 6) is 1.02. The Hall–Kier alpha value is -2.44. The van der Waals surface area contributed by atoms with Crippen LogP contribution in [-0.4, -0.2) is 33.6 Å². The number of hydrogen-bond acceptors (Lipinski definition) is 5. The third-order valence-electron chi connectivity index (χ3n) is 3.40. The summed E-state index contributed by atoms with van der Waals surface area (Å²) in [7, 11) is 1.63. The van der Waals surface area contributed by atoms with Crippen LogP contribution in [0.5, 0.6) is 5.75 Å². The average molecular weight is 273 g/mol. The summed E-state index contributed by atoms with van der Waals surface area (Å²) in [5, 5.41) is 16.0. The molecule has 1 aromatic carbocycles. The third-order valence-corrected chi connectivity index (χ3v) is 3.40. The van der Waals surface area contributed by atoms with E-state index < -0.39 is 0 Å². The molecule has 0 aliphatic heterocycles. The Balaban J connectivity index is 1.76. The Bertz CT molecular complexity index is 577. The number of amides is 1. The molecule has 1 aliphatic rings. The number of benzene rings is 1. The fraction of sp³-hybridized carbons (Fsp3) is 0.385. The number of ether oxygens (including phenoxy) is 1. The Labute approximate surface area is 115 Å². The maximum absolute atomic E-state index is 12.0. The molecule has 3 rings (SSSR count).